The van der Waals surface area contributed by atoms with E-state index < -0.39 is 0 Å². The maximum absolute atomic E-state index is 8.72. The van der Waals surface area contributed by atoms with Crippen LogP contribution >= 0.6 is 0 Å². The highest BCUT2D eigenvalue weighted by Gasteiger charge is 2.24. The summed E-state index contributed by atoms with van der Waals surface area (Å²) >= 11 is 0. The molecule has 0 aliphatic rings. The Labute approximate surface area is 78.9 Å². The molecular formula is C11H15NO. The Bertz CT molecular complexity index is 301. The molecule has 0 fully saturated rings. The fourth-order valence-corrected chi connectivity index (χ4v) is 1.19. The maximum Gasteiger partial charge on any atom is 0.0639 e. The van der Waals surface area contributed by atoms with E-state index in [4.69, 9.17) is 5.21 Å². The number of benzene rings is 1. The topological polar surface area (TPSA) is 32.6 Å². The van der Waals surface area contributed by atoms with Gasteiger partial charge in [0.25, 0.3) is 0 Å². The van der Waals surface area contributed by atoms with Crippen LogP contribution in [0.3, 0.4) is 0 Å². The zero-order valence-electron chi connectivity index (χ0n) is 8.28. The quantitative estimate of drug-likeness (QED) is 0.420. The van der Waals surface area contributed by atoms with Crippen molar-refractivity contribution in [3.05, 3.63) is 35.9 Å². The average Bonchev–Trinajstić information content (AvgIpc) is 2.18. The fourth-order valence-electron chi connectivity index (χ4n) is 1.19. The van der Waals surface area contributed by atoms with Crippen LogP contribution in [0.5, 0.6) is 0 Å². The Balaban J connectivity index is 3.08. The predicted molar refractivity (Wildman–Crippen MR) is 54.4 cm³/mol. The summed E-state index contributed by atoms with van der Waals surface area (Å²) in [6.45, 7) is 5.90. The number of hydrogen-bond donors (Lipinski definition) is 1. The summed E-state index contributed by atoms with van der Waals surface area (Å²) in [6, 6.07) is 10.0. The van der Waals surface area contributed by atoms with E-state index in [1.54, 1.807) is 0 Å². The molecule has 0 aromatic heterocycles. The van der Waals surface area contributed by atoms with Gasteiger partial charge >= 0.3 is 0 Å². The summed E-state index contributed by atoms with van der Waals surface area (Å²) in [5.41, 5.74) is 1.68. The molecule has 13 heavy (non-hydrogen) atoms. The SMILES string of the molecule is C/C(=N\O)C(C)(C)c1ccccc1. The van der Waals surface area contributed by atoms with Crippen molar-refractivity contribution >= 4 is 5.71 Å². The lowest BCUT2D eigenvalue weighted by Gasteiger charge is -2.23. The third kappa shape index (κ3) is 1.89. The molecule has 0 radical (unpaired) electrons. The van der Waals surface area contributed by atoms with Gasteiger partial charge in [0.2, 0.25) is 0 Å². The first-order valence-electron chi connectivity index (χ1n) is 4.33. The second kappa shape index (κ2) is 3.60. The van der Waals surface area contributed by atoms with Crippen molar-refractivity contribution in [2.75, 3.05) is 0 Å². The molecule has 2 nitrogen and oxygen atoms in total. The van der Waals surface area contributed by atoms with E-state index in [9.17, 15) is 0 Å². The first kappa shape index (κ1) is 9.78. The highest BCUT2D eigenvalue weighted by Crippen LogP contribution is 2.24. The van der Waals surface area contributed by atoms with Crippen LogP contribution in [-0.4, -0.2) is 10.9 Å². The van der Waals surface area contributed by atoms with Crippen molar-refractivity contribution < 1.29 is 5.21 Å². The van der Waals surface area contributed by atoms with E-state index in [0.29, 0.717) is 0 Å². The number of nitrogens with zero attached hydrogens (tertiary/aromatic N) is 1. The van der Waals surface area contributed by atoms with Crippen molar-refractivity contribution in [1.29, 1.82) is 0 Å². The molecule has 1 N–H and O–H groups in total. The highest BCUT2D eigenvalue weighted by atomic mass is 16.4. The molecule has 1 aromatic carbocycles. The van der Waals surface area contributed by atoms with Crippen molar-refractivity contribution in [1.82, 2.24) is 0 Å². The van der Waals surface area contributed by atoms with Crippen molar-refractivity contribution in [3.8, 4) is 0 Å². The highest BCUT2D eigenvalue weighted by molar-refractivity contribution is 5.91. The third-order valence-corrected chi connectivity index (χ3v) is 2.55. The van der Waals surface area contributed by atoms with Gasteiger partial charge in [-0.15, -0.1) is 0 Å². The fraction of sp³-hybridized carbons (Fsp3) is 0.364. The van der Waals surface area contributed by atoms with Crippen LogP contribution in [-0.2, 0) is 5.41 Å². The summed E-state index contributed by atoms with van der Waals surface area (Å²) in [5, 5.41) is 12.0. The summed E-state index contributed by atoms with van der Waals surface area (Å²) < 4.78 is 0. The van der Waals surface area contributed by atoms with Crippen LogP contribution in [0.25, 0.3) is 0 Å². The maximum atomic E-state index is 8.72. The number of oxime groups is 1. The molecule has 0 spiro atoms. The molecule has 70 valence electrons. The van der Waals surface area contributed by atoms with Gasteiger partial charge in [-0.2, -0.15) is 0 Å². The molecule has 0 aliphatic carbocycles. The van der Waals surface area contributed by atoms with E-state index in [0.717, 1.165) is 11.3 Å². The Morgan fingerprint density at radius 3 is 2.23 bits per heavy atom. The molecule has 0 unspecified atom stereocenters. The molecule has 1 aromatic rings. The van der Waals surface area contributed by atoms with Crippen LogP contribution in [0, 0.1) is 0 Å². The molecule has 0 bridgehead atoms. The summed E-state index contributed by atoms with van der Waals surface area (Å²) in [7, 11) is 0. The van der Waals surface area contributed by atoms with Gasteiger partial charge in [-0.3, -0.25) is 0 Å². The largest absolute Gasteiger partial charge is 0.411 e. The smallest absolute Gasteiger partial charge is 0.0639 e. The number of rotatable bonds is 2. The minimum atomic E-state index is -0.198. The second-order valence-electron chi connectivity index (χ2n) is 3.68. The standard InChI is InChI=1S/C11H15NO/c1-9(12-13)11(2,3)10-7-5-4-6-8-10/h4-8,13H,1-3H3/b12-9+. The van der Waals surface area contributed by atoms with Gasteiger partial charge in [0.1, 0.15) is 0 Å². The van der Waals surface area contributed by atoms with E-state index in [1.165, 1.54) is 0 Å². The third-order valence-electron chi connectivity index (χ3n) is 2.55. The molecule has 1 rings (SSSR count). The average molecular weight is 177 g/mol. The predicted octanol–water partition coefficient (Wildman–Crippen LogP) is 2.81. The number of hydrogen-bond acceptors (Lipinski definition) is 2. The van der Waals surface area contributed by atoms with E-state index in [-0.39, 0.29) is 5.41 Å². The van der Waals surface area contributed by atoms with Crippen LogP contribution in [0.15, 0.2) is 35.5 Å². The van der Waals surface area contributed by atoms with E-state index in [1.807, 2.05) is 51.1 Å². The molecule has 2 heteroatoms. The second-order valence-corrected chi connectivity index (χ2v) is 3.68. The Hall–Kier alpha value is -1.31. The van der Waals surface area contributed by atoms with Gasteiger partial charge in [-0.25, -0.2) is 0 Å². The Morgan fingerprint density at radius 2 is 1.77 bits per heavy atom. The molecule has 0 atom stereocenters. The van der Waals surface area contributed by atoms with Gasteiger partial charge in [-0.1, -0.05) is 49.3 Å². The summed E-state index contributed by atoms with van der Waals surface area (Å²) in [5.74, 6) is 0. The summed E-state index contributed by atoms with van der Waals surface area (Å²) in [4.78, 5) is 0. The molecular weight excluding hydrogens is 162 g/mol. The van der Waals surface area contributed by atoms with E-state index >= 15 is 0 Å². The van der Waals surface area contributed by atoms with Crippen molar-refractivity contribution in [3.63, 3.8) is 0 Å². The van der Waals surface area contributed by atoms with Gasteiger partial charge in [0, 0.05) is 5.41 Å². The lowest BCUT2D eigenvalue weighted by Crippen LogP contribution is -2.26. The van der Waals surface area contributed by atoms with Gasteiger partial charge in [0.05, 0.1) is 5.71 Å². The Morgan fingerprint density at radius 1 is 1.23 bits per heavy atom. The van der Waals surface area contributed by atoms with Crippen LogP contribution in [0.1, 0.15) is 26.3 Å². The molecule has 0 saturated heterocycles. The molecule has 0 heterocycles. The normalized spacial score (nSPS) is 13.0. The van der Waals surface area contributed by atoms with Gasteiger partial charge in [-0.05, 0) is 12.5 Å². The van der Waals surface area contributed by atoms with Crippen LogP contribution in [0.2, 0.25) is 0 Å². The minimum Gasteiger partial charge on any atom is -0.411 e. The lowest BCUT2D eigenvalue weighted by molar-refractivity contribution is 0.314. The van der Waals surface area contributed by atoms with E-state index in [2.05, 4.69) is 5.16 Å². The molecule has 0 aliphatic heterocycles. The van der Waals surface area contributed by atoms with Gasteiger partial charge < -0.3 is 5.21 Å². The van der Waals surface area contributed by atoms with Crippen LogP contribution < -0.4 is 0 Å². The zero-order chi connectivity index (χ0) is 9.90. The minimum absolute atomic E-state index is 0.198. The zero-order valence-corrected chi connectivity index (χ0v) is 8.28. The van der Waals surface area contributed by atoms with Crippen molar-refractivity contribution in [2.45, 2.75) is 26.2 Å². The van der Waals surface area contributed by atoms with Crippen LogP contribution in [0.4, 0.5) is 0 Å². The van der Waals surface area contributed by atoms with Crippen molar-refractivity contribution in [2.24, 2.45) is 5.16 Å². The monoisotopic (exact) mass is 177 g/mol. The first-order valence-corrected chi connectivity index (χ1v) is 4.33. The lowest BCUT2D eigenvalue weighted by atomic mass is 9.81. The Kier molecular flexibility index (Phi) is 2.71. The summed E-state index contributed by atoms with van der Waals surface area (Å²) in [6.07, 6.45) is 0. The molecule has 0 saturated carbocycles. The molecule has 0 amide bonds. The first-order chi connectivity index (χ1) is 6.09. The van der Waals surface area contributed by atoms with Gasteiger partial charge in [0.15, 0.2) is 0 Å².